The molecule has 1 N–H and O–H groups in total. The number of nitrogens with one attached hydrogen (secondary N) is 1. The third-order valence-electron chi connectivity index (χ3n) is 3.05. The molecule has 0 unspecified atom stereocenters. The molecule has 0 fully saturated rings. The van der Waals surface area contributed by atoms with E-state index in [0.29, 0.717) is 11.4 Å². The summed E-state index contributed by atoms with van der Waals surface area (Å²) in [6, 6.07) is 13.2. The first-order valence-electron chi connectivity index (χ1n) is 6.81. The molecule has 1 aromatic carbocycles. The number of hydrogen-bond acceptors (Lipinski definition) is 4. The van der Waals surface area contributed by atoms with Gasteiger partial charge in [0.05, 0.1) is 0 Å². The first-order valence-corrected chi connectivity index (χ1v) is 8.48. The Bertz CT molecular complexity index is 815. The maximum Gasteiger partial charge on any atom is 0.257 e. The second-order valence-corrected chi connectivity index (χ2v) is 6.52. The van der Waals surface area contributed by atoms with E-state index in [1.807, 2.05) is 47.9 Å². The third-order valence-corrected chi connectivity index (χ3v) is 4.40. The Kier molecular flexibility index (Phi) is 4.95. The molecule has 2 aromatic heterocycles. The van der Waals surface area contributed by atoms with Gasteiger partial charge in [-0.25, -0.2) is 9.97 Å². The number of anilines is 1. The van der Waals surface area contributed by atoms with Crippen LogP contribution in [0.25, 0.3) is 11.6 Å². The minimum absolute atomic E-state index is 0.209. The van der Waals surface area contributed by atoms with E-state index in [1.165, 1.54) is 6.33 Å². The molecule has 0 aliphatic carbocycles. The number of carbonyl (C=O) groups is 1. The molecule has 0 aliphatic heterocycles. The van der Waals surface area contributed by atoms with Gasteiger partial charge >= 0.3 is 0 Å². The average molecular weight is 386 g/mol. The van der Waals surface area contributed by atoms with Gasteiger partial charge in [-0.3, -0.25) is 4.79 Å². The van der Waals surface area contributed by atoms with Crippen LogP contribution in [0.2, 0.25) is 0 Å². The Balaban J connectivity index is 1.95. The lowest BCUT2D eigenvalue weighted by molar-refractivity contribution is -0.111. The normalized spacial score (nSPS) is 11.3. The first-order chi connectivity index (χ1) is 11.2. The van der Waals surface area contributed by atoms with Crippen molar-refractivity contribution in [2.24, 2.45) is 0 Å². The minimum atomic E-state index is -0.209. The van der Waals surface area contributed by atoms with Gasteiger partial charge in [-0.05, 0) is 41.3 Å². The molecule has 6 heteroatoms. The van der Waals surface area contributed by atoms with Crippen molar-refractivity contribution in [3.05, 3.63) is 75.3 Å². The van der Waals surface area contributed by atoms with Gasteiger partial charge in [0.2, 0.25) is 0 Å². The van der Waals surface area contributed by atoms with E-state index >= 15 is 0 Å². The van der Waals surface area contributed by atoms with Gasteiger partial charge in [-0.1, -0.05) is 34.1 Å². The van der Waals surface area contributed by atoms with Gasteiger partial charge in [0.25, 0.3) is 5.91 Å². The molecule has 2 heterocycles. The van der Waals surface area contributed by atoms with E-state index in [2.05, 4.69) is 31.2 Å². The van der Waals surface area contributed by atoms with E-state index in [0.717, 1.165) is 14.9 Å². The van der Waals surface area contributed by atoms with E-state index in [9.17, 15) is 4.79 Å². The standard InChI is InChI=1S/C17H12BrN3OS/c18-13-5-3-12(4-6-13)15(10-14-2-1-9-23-14)17(22)21-16-7-8-19-11-20-16/h1-11H,(H,19,20,21,22). The zero-order valence-electron chi connectivity index (χ0n) is 11.9. The number of nitrogens with zero attached hydrogens (tertiary/aromatic N) is 2. The molecule has 114 valence electrons. The maximum absolute atomic E-state index is 12.7. The average Bonchev–Trinajstić information content (AvgIpc) is 3.08. The molecule has 0 saturated heterocycles. The van der Waals surface area contributed by atoms with E-state index < -0.39 is 0 Å². The number of amides is 1. The molecule has 0 bridgehead atoms. The molecular formula is C17H12BrN3OS. The highest BCUT2D eigenvalue weighted by atomic mass is 79.9. The van der Waals surface area contributed by atoms with Crippen LogP contribution in [0.3, 0.4) is 0 Å². The summed E-state index contributed by atoms with van der Waals surface area (Å²) in [5, 5.41) is 4.78. The Hall–Kier alpha value is -2.31. The molecule has 3 rings (SSSR count). The summed E-state index contributed by atoms with van der Waals surface area (Å²) in [6.45, 7) is 0. The SMILES string of the molecule is O=C(Nc1ccncn1)C(=Cc1cccs1)c1ccc(Br)cc1. The lowest BCUT2D eigenvalue weighted by atomic mass is 10.0. The van der Waals surface area contributed by atoms with Crippen molar-refractivity contribution in [1.29, 1.82) is 0 Å². The number of hydrogen-bond donors (Lipinski definition) is 1. The van der Waals surface area contributed by atoms with Gasteiger partial charge in [-0.2, -0.15) is 0 Å². The first kappa shape index (κ1) is 15.6. The highest BCUT2D eigenvalue weighted by Crippen LogP contribution is 2.24. The molecule has 4 nitrogen and oxygen atoms in total. The summed E-state index contributed by atoms with van der Waals surface area (Å²) in [7, 11) is 0. The second-order valence-electron chi connectivity index (χ2n) is 4.63. The number of aromatic nitrogens is 2. The van der Waals surface area contributed by atoms with Crippen LogP contribution in [0.4, 0.5) is 5.82 Å². The predicted octanol–water partition coefficient (Wildman–Crippen LogP) is 4.48. The number of halogens is 1. The lowest BCUT2D eigenvalue weighted by Crippen LogP contribution is -2.14. The fourth-order valence-corrected chi connectivity index (χ4v) is 2.89. The van der Waals surface area contributed by atoms with Crippen molar-refractivity contribution in [3.8, 4) is 0 Å². The van der Waals surface area contributed by atoms with Crippen LogP contribution in [-0.2, 0) is 4.79 Å². The molecule has 3 aromatic rings. The Morgan fingerprint density at radius 3 is 2.65 bits per heavy atom. The highest BCUT2D eigenvalue weighted by molar-refractivity contribution is 9.10. The van der Waals surface area contributed by atoms with Gasteiger partial charge in [0.15, 0.2) is 0 Å². The molecule has 0 aliphatic rings. The smallest absolute Gasteiger partial charge is 0.257 e. The van der Waals surface area contributed by atoms with E-state index in [1.54, 1.807) is 23.6 Å². The molecule has 1 amide bonds. The van der Waals surface area contributed by atoms with Gasteiger partial charge in [-0.15, -0.1) is 11.3 Å². The zero-order valence-corrected chi connectivity index (χ0v) is 14.3. The molecule has 0 saturated carbocycles. The number of benzene rings is 1. The quantitative estimate of drug-likeness (QED) is 0.673. The molecule has 23 heavy (non-hydrogen) atoms. The van der Waals surface area contributed by atoms with Crippen LogP contribution in [0.1, 0.15) is 10.4 Å². The van der Waals surface area contributed by atoms with Gasteiger partial charge in [0, 0.05) is 21.1 Å². The molecule has 0 radical (unpaired) electrons. The Morgan fingerprint density at radius 2 is 2.00 bits per heavy atom. The van der Waals surface area contributed by atoms with Gasteiger partial charge < -0.3 is 5.32 Å². The second kappa shape index (κ2) is 7.30. The van der Waals surface area contributed by atoms with Crippen LogP contribution >= 0.6 is 27.3 Å². The molecule has 0 spiro atoms. The fraction of sp³-hybridized carbons (Fsp3) is 0. The van der Waals surface area contributed by atoms with Crippen molar-refractivity contribution in [3.63, 3.8) is 0 Å². The largest absolute Gasteiger partial charge is 0.306 e. The number of thiophene rings is 1. The van der Waals surface area contributed by atoms with Crippen LogP contribution < -0.4 is 5.32 Å². The maximum atomic E-state index is 12.7. The van der Waals surface area contributed by atoms with E-state index in [4.69, 9.17) is 0 Å². The van der Waals surface area contributed by atoms with E-state index in [-0.39, 0.29) is 5.91 Å². The van der Waals surface area contributed by atoms with Crippen molar-refractivity contribution >= 4 is 50.6 Å². The topological polar surface area (TPSA) is 54.9 Å². The van der Waals surface area contributed by atoms with Crippen molar-refractivity contribution in [1.82, 2.24) is 9.97 Å². The minimum Gasteiger partial charge on any atom is -0.306 e. The Morgan fingerprint density at radius 1 is 1.17 bits per heavy atom. The van der Waals surface area contributed by atoms with Crippen molar-refractivity contribution in [2.45, 2.75) is 0 Å². The van der Waals surface area contributed by atoms with Crippen LogP contribution in [-0.4, -0.2) is 15.9 Å². The van der Waals surface area contributed by atoms with Crippen LogP contribution in [0.5, 0.6) is 0 Å². The van der Waals surface area contributed by atoms with Crippen LogP contribution in [0.15, 0.2) is 64.8 Å². The monoisotopic (exact) mass is 385 g/mol. The lowest BCUT2D eigenvalue weighted by Gasteiger charge is -2.09. The predicted molar refractivity (Wildman–Crippen MR) is 97.0 cm³/mol. The zero-order chi connectivity index (χ0) is 16.1. The summed E-state index contributed by atoms with van der Waals surface area (Å²) >= 11 is 4.99. The fourth-order valence-electron chi connectivity index (χ4n) is 1.97. The molecular weight excluding hydrogens is 374 g/mol. The summed E-state index contributed by atoms with van der Waals surface area (Å²) in [4.78, 5) is 21.6. The number of rotatable bonds is 4. The van der Waals surface area contributed by atoms with Crippen molar-refractivity contribution in [2.75, 3.05) is 5.32 Å². The Labute approximate surface area is 146 Å². The highest BCUT2D eigenvalue weighted by Gasteiger charge is 2.13. The third kappa shape index (κ3) is 4.12. The number of carbonyl (C=O) groups excluding carboxylic acids is 1. The van der Waals surface area contributed by atoms with Gasteiger partial charge in [0.1, 0.15) is 12.1 Å². The molecule has 0 atom stereocenters. The van der Waals surface area contributed by atoms with Crippen molar-refractivity contribution < 1.29 is 4.79 Å². The summed E-state index contributed by atoms with van der Waals surface area (Å²) in [6.07, 6.45) is 4.87. The summed E-state index contributed by atoms with van der Waals surface area (Å²) < 4.78 is 0.966. The summed E-state index contributed by atoms with van der Waals surface area (Å²) in [5.41, 5.74) is 1.42. The van der Waals surface area contributed by atoms with Crippen LogP contribution in [0, 0.1) is 0 Å². The summed E-state index contributed by atoms with van der Waals surface area (Å²) in [5.74, 6) is 0.263.